The van der Waals surface area contributed by atoms with Crippen LogP contribution in [0.2, 0.25) is 5.02 Å². The predicted molar refractivity (Wildman–Crippen MR) is 85.5 cm³/mol. The molecule has 1 N–H and O–H groups in total. The van der Waals surface area contributed by atoms with E-state index < -0.39 is 0 Å². The number of fused-ring (bicyclic) bond motifs is 1. The first-order chi connectivity index (χ1) is 10.1. The van der Waals surface area contributed by atoms with Crippen molar-refractivity contribution < 1.29 is 4.79 Å². The molecule has 1 heterocycles. The molecular formula is C17H23ClN2O. The van der Waals surface area contributed by atoms with Gasteiger partial charge < -0.3 is 4.90 Å². The highest BCUT2D eigenvalue weighted by Gasteiger charge is 2.28. The quantitative estimate of drug-likeness (QED) is 0.929. The number of carbonyl (C=O) groups excluding carboxylic acids is 1. The Balaban J connectivity index is 1.63. The standard InChI is InChI=1S/C17H23ClN2O/c1-12(17(21)20-9-3-2-4-10-20)19-16-8-5-13-11-14(18)6-7-15(13)16/h6-7,11-12,16,19H,2-5,8-10H2,1H3. The normalized spacial score (nSPS) is 23.0. The highest BCUT2D eigenvalue weighted by atomic mass is 35.5. The summed E-state index contributed by atoms with van der Waals surface area (Å²) in [5, 5.41) is 4.32. The number of nitrogens with one attached hydrogen (secondary N) is 1. The number of hydrogen-bond acceptors (Lipinski definition) is 2. The molecule has 3 nitrogen and oxygen atoms in total. The van der Waals surface area contributed by atoms with Crippen LogP contribution in [-0.2, 0) is 11.2 Å². The molecule has 1 amide bonds. The second kappa shape index (κ2) is 6.37. The lowest BCUT2D eigenvalue weighted by Gasteiger charge is -2.30. The van der Waals surface area contributed by atoms with E-state index in [1.54, 1.807) is 0 Å². The fraction of sp³-hybridized carbons (Fsp3) is 0.588. The summed E-state index contributed by atoms with van der Waals surface area (Å²) in [4.78, 5) is 14.5. The van der Waals surface area contributed by atoms with Crippen molar-refractivity contribution in [3.63, 3.8) is 0 Å². The molecule has 1 aromatic carbocycles. The smallest absolute Gasteiger partial charge is 0.239 e. The third-order valence-electron chi connectivity index (χ3n) is 4.67. The minimum absolute atomic E-state index is 0.116. The molecule has 4 heteroatoms. The second-order valence-electron chi connectivity index (χ2n) is 6.21. The van der Waals surface area contributed by atoms with Crippen molar-refractivity contribution in [1.29, 1.82) is 0 Å². The first-order valence-corrected chi connectivity index (χ1v) is 8.36. The maximum Gasteiger partial charge on any atom is 0.239 e. The average Bonchev–Trinajstić information content (AvgIpc) is 2.89. The molecule has 1 saturated heterocycles. The van der Waals surface area contributed by atoms with E-state index in [4.69, 9.17) is 11.6 Å². The van der Waals surface area contributed by atoms with E-state index in [1.165, 1.54) is 17.5 Å². The molecule has 2 aliphatic rings. The largest absolute Gasteiger partial charge is 0.341 e. The predicted octanol–water partition coefficient (Wildman–Crippen LogP) is 3.32. The minimum Gasteiger partial charge on any atom is -0.341 e. The summed E-state index contributed by atoms with van der Waals surface area (Å²) in [5.41, 5.74) is 2.62. The lowest BCUT2D eigenvalue weighted by atomic mass is 10.1. The molecule has 0 aromatic heterocycles. The zero-order valence-corrected chi connectivity index (χ0v) is 13.3. The molecule has 0 saturated carbocycles. The van der Waals surface area contributed by atoms with Gasteiger partial charge in [0.2, 0.25) is 5.91 Å². The lowest BCUT2D eigenvalue weighted by Crippen LogP contribution is -2.47. The third kappa shape index (κ3) is 3.24. The van der Waals surface area contributed by atoms with Crippen molar-refractivity contribution in [1.82, 2.24) is 10.2 Å². The summed E-state index contributed by atoms with van der Waals surface area (Å²) in [6.45, 7) is 3.83. The summed E-state index contributed by atoms with van der Waals surface area (Å²) in [6.07, 6.45) is 5.63. The van der Waals surface area contributed by atoms with Gasteiger partial charge in [0.05, 0.1) is 6.04 Å². The van der Waals surface area contributed by atoms with Crippen LogP contribution in [0.25, 0.3) is 0 Å². The van der Waals surface area contributed by atoms with E-state index in [0.717, 1.165) is 43.8 Å². The molecule has 0 bridgehead atoms. The molecule has 1 aliphatic carbocycles. The molecule has 2 unspecified atom stereocenters. The molecule has 0 spiro atoms. The Hall–Kier alpha value is -1.06. The molecule has 1 fully saturated rings. The van der Waals surface area contributed by atoms with Crippen molar-refractivity contribution in [2.24, 2.45) is 0 Å². The van der Waals surface area contributed by atoms with Crippen LogP contribution in [-0.4, -0.2) is 29.9 Å². The van der Waals surface area contributed by atoms with Crippen LogP contribution in [0.1, 0.15) is 49.8 Å². The Kier molecular flexibility index (Phi) is 4.51. The highest BCUT2D eigenvalue weighted by Crippen LogP contribution is 2.33. The number of nitrogens with zero attached hydrogens (tertiary/aromatic N) is 1. The summed E-state index contributed by atoms with van der Waals surface area (Å²) < 4.78 is 0. The number of hydrogen-bond donors (Lipinski definition) is 1. The zero-order valence-electron chi connectivity index (χ0n) is 12.6. The SMILES string of the molecule is CC(NC1CCc2cc(Cl)ccc21)C(=O)N1CCCCC1. The van der Waals surface area contributed by atoms with Gasteiger partial charge in [-0.15, -0.1) is 0 Å². The maximum absolute atomic E-state index is 12.5. The first kappa shape index (κ1) is 14.9. The van der Waals surface area contributed by atoms with E-state index in [1.807, 2.05) is 17.9 Å². The average molecular weight is 307 g/mol. The summed E-state index contributed by atoms with van der Waals surface area (Å²) >= 11 is 6.05. The van der Waals surface area contributed by atoms with Crippen LogP contribution in [0.3, 0.4) is 0 Å². The van der Waals surface area contributed by atoms with Crippen LogP contribution in [0, 0.1) is 0 Å². The Labute approximate surface area is 131 Å². The van der Waals surface area contributed by atoms with E-state index in [9.17, 15) is 4.79 Å². The van der Waals surface area contributed by atoms with Crippen LogP contribution >= 0.6 is 11.6 Å². The highest BCUT2D eigenvalue weighted by molar-refractivity contribution is 6.30. The molecule has 1 aromatic rings. The van der Waals surface area contributed by atoms with Gasteiger partial charge in [-0.3, -0.25) is 10.1 Å². The molecular weight excluding hydrogens is 284 g/mol. The van der Waals surface area contributed by atoms with Crippen molar-refractivity contribution >= 4 is 17.5 Å². The van der Waals surface area contributed by atoms with Gasteiger partial charge in [-0.2, -0.15) is 0 Å². The van der Waals surface area contributed by atoms with Gasteiger partial charge in [-0.1, -0.05) is 17.7 Å². The number of benzene rings is 1. The summed E-state index contributed by atoms with van der Waals surface area (Å²) in [5.74, 6) is 0.247. The molecule has 0 radical (unpaired) electrons. The second-order valence-corrected chi connectivity index (χ2v) is 6.65. The van der Waals surface area contributed by atoms with Gasteiger partial charge in [0.25, 0.3) is 0 Å². The first-order valence-electron chi connectivity index (χ1n) is 7.98. The van der Waals surface area contributed by atoms with Crippen LogP contribution in [0.15, 0.2) is 18.2 Å². The van der Waals surface area contributed by atoms with E-state index >= 15 is 0 Å². The van der Waals surface area contributed by atoms with Crippen LogP contribution in [0.4, 0.5) is 0 Å². The number of amides is 1. The number of likely N-dealkylation sites (tertiary alicyclic amines) is 1. The van der Waals surface area contributed by atoms with Gasteiger partial charge in [0.1, 0.15) is 0 Å². The molecule has 2 atom stereocenters. The van der Waals surface area contributed by atoms with E-state index in [2.05, 4.69) is 17.4 Å². The fourth-order valence-electron chi connectivity index (χ4n) is 3.52. The van der Waals surface area contributed by atoms with Crippen molar-refractivity contribution in [2.75, 3.05) is 13.1 Å². The van der Waals surface area contributed by atoms with Crippen molar-refractivity contribution in [3.05, 3.63) is 34.3 Å². The Morgan fingerprint density at radius 2 is 2.10 bits per heavy atom. The van der Waals surface area contributed by atoms with Crippen LogP contribution < -0.4 is 5.32 Å². The number of halogens is 1. The monoisotopic (exact) mass is 306 g/mol. The topological polar surface area (TPSA) is 32.3 Å². The molecule has 3 rings (SSSR count). The Morgan fingerprint density at radius 1 is 1.33 bits per heavy atom. The summed E-state index contributed by atoms with van der Waals surface area (Å²) in [6, 6.07) is 6.25. The van der Waals surface area contributed by atoms with Gasteiger partial charge in [-0.25, -0.2) is 0 Å². The Morgan fingerprint density at radius 3 is 2.86 bits per heavy atom. The van der Waals surface area contributed by atoms with Gasteiger partial charge in [0, 0.05) is 24.2 Å². The number of aryl methyl sites for hydroxylation is 1. The zero-order chi connectivity index (χ0) is 14.8. The van der Waals surface area contributed by atoms with Crippen LogP contribution in [0.5, 0.6) is 0 Å². The Bertz CT molecular complexity index is 526. The van der Waals surface area contributed by atoms with E-state index in [-0.39, 0.29) is 18.0 Å². The lowest BCUT2D eigenvalue weighted by molar-refractivity contribution is -0.134. The van der Waals surface area contributed by atoms with Gasteiger partial charge in [0.15, 0.2) is 0 Å². The van der Waals surface area contributed by atoms with Gasteiger partial charge in [-0.05, 0) is 62.3 Å². The third-order valence-corrected chi connectivity index (χ3v) is 4.91. The number of carbonyl (C=O) groups is 1. The van der Waals surface area contributed by atoms with Gasteiger partial charge >= 0.3 is 0 Å². The summed E-state index contributed by atoms with van der Waals surface area (Å²) in [7, 11) is 0. The molecule has 1 aliphatic heterocycles. The number of rotatable bonds is 3. The number of piperidine rings is 1. The minimum atomic E-state index is -0.116. The van der Waals surface area contributed by atoms with E-state index in [0.29, 0.717) is 0 Å². The molecule has 114 valence electrons. The maximum atomic E-state index is 12.5. The molecule has 21 heavy (non-hydrogen) atoms. The van der Waals surface area contributed by atoms with Crippen molar-refractivity contribution in [2.45, 2.75) is 51.1 Å². The fourth-order valence-corrected chi connectivity index (χ4v) is 3.72. The van der Waals surface area contributed by atoms with Crippen molar-refractivity contribution in [3.8, 4) is 0 Å².